The Morgan fingerprint density at radius 1 is 1.75 bits per heavy atom. The number of aromatic carboxylic acids is 1. The van der Waals surface area contributed by atoms with Crippen molar-refractivity contribution in [2.45, 2.75) is 13.0 Å². The molecule has 0 amide bonds. The highest BCUT2D eigenvalue weighted by Gasteiger charge is 2.11. The fourth-order valence-corrected chi connectivity index (χ4v) is 0.981. The number of carboxylic acid groups (broad SMARTS) is 1. The smallest absolute Gasteiger partial charge is 0.337 e. The SMILES string of the molecule is CC(N)c1ccncc1C(=O)O. The van der Waals surface area contributed by atoms with E-state index in [2.05, 4.69) is 4.98 Å². The average Bonchev–Trinajstić information content (AvgIpc) is 2.04. The van der Waals surface area contributed by atoms with Crippen LogP contribution in [0.1, 0.15) is 28.9 Å². The van der Waals surface area contributed by atoms with Gasteiger partial charge in [-0.3, -0.25) is 4.98 Å². The van der Waals surface area contributed by atoms with Crippen molar-refractivity contribution in [3.8, 4) is 0 Å². The van der Waals surface area contributed by atoms with Crippen LogP contribution in [0.2, 0.25) is 0 Å². The van der Waals surface area contributed by atoms with Crippen molar-refractivity contribution >= 4 is 5.97 Å². The largest absolute Gasteiger partial charge is 0.478 e. The molecule has 1 aromatic heterocycles. The number of hydrogen-bond donors (Lipinski definition) is 2. The Morgan fingerprint density at radius 2 is 2.42 bits per heavy atom. The molecule has 0 spiro atoms. The maximum atomic E-state index is 10.6. The second-order valence-corrected chi connectivity index (χ2v) is 2.56. The molecule has 12 heavy (non-hydrogen) atoms. The van der Waals surface area contributed by atoms with Crippen LogP contribution in [-0.2, 0) is 0 Å². The minimum absolute atomic E-state index is 0.174. The number of nitrogens with zero attached hydrogens (tertiary/aromatic N) is 1. The van der Waals surface area contributed by atoms with Crippen LogP contribution in [0.4, 0.5) is 0 Å². The topological polar surface area (TPSA) is 76.2 Å². The van der Waals surface area contributed by atoms with Crippen LogP contribution >= 0.6 is 0 Å². The molecule has 0 aliphatic carbocycles. The first-order valence-electron chi connectivity index (χ1n) is 3.55. The van der Waals surface area contributed by atoms with Crippen LogP contribution in [0.3, 0.4) is 0 Å². The van der Waals surface area contributed by atoms with Gasteiger partial charge in [0.25, 0.3) is 0 Å². The molecule has 1 unspecified atom stereocenters. The Balaban J connectivity index is 3.17. The van der Waals surface area contributed by atoms with E-state index in [-0.39, 0.29) is 11.6 Å². The zero-order chi connectivity index (χ0) is 9.14. The standard InChI is InChI=1S/C8H10N2O2/c1-5(9)6-2-3-10-4-7(6)8(11)12/h2-5H,9H2,1H3,(H,11,12). The number of rotatable bonds is 2. The first-order chi connectivity index (χ1) is 5.63. The van der Waals surface area contributed by atoms with E-state index in [1.165, 1.54) is 12.4 Å². The highest BCUT2D eigenvalue weighted by Crippen LogP contribution is 2.13. The fraction of sp³-hybridized carbons (Fsp3) is 0.250. The first kappa shape index (κ1) is 8.67. The lowest BCUT2D eigenvalue weighted by Crippen LogP contribution is -2.11. The van der Waals surface area contributed by atoms with Gasteiger partial charge in [-0.05, 0) is 18.6 Å². The Bertz CT molecular complexity index is 297. The van der Waals surface area contributed by atoms with Crippen LogP contribution in [0, 0.1) is 0 Å². The van der Waals surface area contributed by atoms with E-state index in [4.69, 9.17) is 10.8 Å². The molecule has 4 nitrogen and oxygen atoms in total. The molecule has 0 aliphatic rings. The second-order valence-electron chi connectivity index (χ2n) is 2.56. The molecular weight excluding hydrogens is 156 g/mol. The quantitative estimate of drug-likeness (QED) is 0.681. The van der Waals surface area contributed by atoms with Gasteiger partial charge in [-0.15, -0.1) is 0 Å². The molecule has 0 aromatic carbocycles. The van der Waals surface area contributed by atoms with Crippen LogP contribution in [0.5, 0.6) is 0 Å². The van der Waals surface area contributed by atoms with E-state index in [9.17, 15) is 4.79 Å². The number of carbonyl (C=O) groups is 1. The maximum Gasteiger partial charge on any atom is 0.337 e. The monoisotopic (exact) mass is 166 g/mol. The normalized spacial score (nSPS) is 12.5. The van der Waals surface area contributed by atoms with Gasteiger partial charge in [0.05, 0.1) is 5.56 Å². The molecule has 1 heterocycles. The summed E-state index contributed by atoms with van der Waals surface area (Å²) < 4.78 is 0. The lowest BCUT2D eigenvalue weighted by atomic mass is 10.1. The van der Waals surface area contributed by atoms with Crippen molar-refractivity contribution in [3.63, 3.8) is 0 Å². The van der Waals surface area contributed by atoms with Crippen molar-refractivity contribution in [2.24, 2.45) is 5.73 Å². The fourth-order valence-electron chi connectivity index (χ4n) is 0.981. The molecule has 4 heteroatoms. The molecule has 0 bridgehead atoms. The molecule has 1 rings (SSSR count). The summed E-state index contributed by atoms with van der Waals surface area (Å²) in [5.41, 5.74) is 6.34. The van der Waals surface area contributed by atoms with Crippen molar-refractivity contribution < 1.29 is 9.90 Å². The third-order valence-corrected chi connectivity index (χ3v) is 1.58. The minimum atomic E-state index is -0.990. The number of pyridine rings is 1. The van der Waals surface area contributed by atoms with Gasteiger partial charge in [0, 0.05) is 18.4 Å². The molecule has 0 saturated carbocycles. The zero-order valence-corrected chi connectivity index (χ0v) is 6.69. The molecular formula is C8H10N2O2. The van der Waals surface area contributed by atoms with Crippen LogP contribution < -0.4 is 5.73 Å². The van der Waals surface area contributed by atoms with Crippen LogP contribution in [0.25, 0.3) is 0 Å². The molecule has 0 saturated heterocycles. The summed E-state index contributed by atoms with van der Waals surface area (Å²) in [5, 5.41) is 8.72. The highest BCUT2D eigenvalue weighted by molar-refractivity contribution is 5.89. The summed E-state index contributed by atoms with van der Waals surface area (Å²) in [5.74, 6) is -0.990. The molecule has 64 valence electrons. The molecule has 0 aliphatic heterocycles. The van der Waals surface area contributed by atoms with E-state index >= 15 is 0 Å². The van der Waals surface area contributed by atoms with Gasteiger partial charge in [-0.25, -0.2) is 4.79 Å². The van der Waals surface area contributed by atoms with Gasteiger partial charge in [0.15, 0.2) is 0 Å². The maximum absolute atomic E-state index is 10.6. The van der Waals surface area contributed by atoms with Gasteiger partial charge in [-0.2, -0.15) is 0 Å². The van der Waals surface area contributed by atoms with Gasteiger partial charge < -0.3 is 10.8 Å². The first-order valence-corrected chi connectivity index (χ1v) is 3.55. The summed E-state index contributed by atoms with van der Waals surface area (Å²) >= 11 is 0. The Kier molecular flexibility index (Phi) is 2.40. The van der Waals surface area contributed by atoms with Gasteiger partial charge in [-0.1, -0.05) is 0 Å². The van der Waals surface area contributed by atoms with Crippen LogP contribution in [0.15, 0.2) is 18.5 Å². The number of carboxylic acids is 1. The number of aromatic nitrogens is 1. The van der Waals surface area contributed by atoms with E-state index in [0.717, 1.165) is 0 Å². The predicted octanol–water partition coefficient (Wildman–Crippen LogP) is 0.800. The highest BCUT2D eigenvalue weighted by atomic mass is 16.4. The molecule has 3 N–H and O–H groups in total. The van der Waals surface area contributed by atoms with Gasteiger partial charge in [0.1, 0.15) is 0 Å². The van der Waals surface area contributed by atoms with Crippen molar-refractivity contribution in [1.82, 2.24) is 4.98 Å². The molecule has 0 fully saturated rings. The second kappa shape index (κ2) is 3.32. The average molecular weight is 166 g/mol. The summed E-state index contributed by atoms with van der Waals surface area (Å²) in [6, 6.07) is 1.34. The number of nitrogens with two attached hydrogens (primary N) is 1. The van der Waals surface area contributed by atoms with Crippen LogP contribution in [-0.4, -0.2) is 16.1 Å². The third-order valence-electron chi connectivity index (χ3n) is 1.58. The van der Waals surface area contributed by atoms with E-state index < -0.39 is 5.97 Å². The molecule has 1 aromatic rings. The zero-order valence-electron chi connectivity index (χ0n) is 6.69. The number of hydrogen-bond acceptors (Lipinski definition) is 3. The van der Waals surface area contributed by atoms with Gasteiger partial charge >= 0.3 is 5.97 Å². The summed E-state index contributed by atoms with van der Waals surface area (Å²) in [7, 11) is 0. The minimum Gasteiger partial charge on any atom is -0.478 e. The summed E-state index contributed by atoms with van der Waals surface area (Å²) in [4.78, 5) is 14.3. The predicted molar refractivity (Wildman–Crippen MR) is 43.8 cm³/mol. The summed E-state index contributed by atoms with van der Waals surface area (Å²) in [6.45, 7) is 1.74. The van der Waals surface area contributed by atoms with E-state index in [1.54, 1.807) is 13.0 Å². The Labute approximate surface area is 70.0 Å². The van der Waals surface area contributed by atoms with E-state index in [1.807, 2.05) is 0 Å². The van der Waals surface area contributed by atoms with Crippen molar-refractivity contribution in [3.05, 3.63) is 29.6 Å². The van der Waals surface area contributed by atoms with Crippen molar-refractivity contribution in [1.29, 1.82) is 0 Å². The van der Waals surface area contributed by atoms with Crippen molar-refractivity contribution in [2.75, 3.05) is 0 Å². The van der Waals surface area contributed by atoms with Gasteiger partial charge in [0.2, 0.25) is 0 Å². The van der Waals surface area contributed by atoms with E-state index in [0.29, 0.717) is 5.56 Å². The lowest BCUT2D eigenvalue weighted by Gasteiger charge is -2.07. The molecule has 0 radical (unpaired) electrons. The lowest BCUT2D eigenvalue weighted by molar-refractivity contribution is 0.0694. The third kappa shape index (κ3) is 1.60. The Morgan fingerprint density at radius 3 is 2.83 bits per heavy atom. The Hall–Kier alpha value is -1.42. The summed E-state index contributed by atoms with van der Waals surface area (Å²) in [6.07, 6.45) is 2.84. The molecule has 1 atom stereocenters.